The number of thiocarbonyl (C=S) groups is 1. The van der Waals surface area contributed by atoms with Gasteiger partial charge in [0.15, 0.2) is 11.5 Å². The Labute approximate surface area is 232 Å². The van der Waals surface area contributed by atoms with Crippen molar-refractivity contribution in [2.24, 2.45) is 7.05 Å². The maximum absolute atomic E-state index is 13.5. The molecule has 2 fully saturated rings. The quantitative estimate of drug-likeness (QED) is 0.369. The molecule has 2 aliphatic rings. The van der Waals surface area contributed by atoms with Gasteiger partial charge in [-0.15, -0.1) is 0 Å². The van der Waals surface area contributed by atoms with E-state index >= 15 is 0 Å². The number of aromatic nitrogens is 1. The van der Waals surface area contributed by atoms with Crippen LogP contribution in [-0.2, 0) is 18.3 Å². The second-order valence-corrected chi connectivity index (χ2v) is 11.1. The average molecular weight is 553 g/mol. The van der Waals surface area contributed by atoms with Gasteiger partial charge >= 0.3 is 0 Å². The van der Waals surface area contributed by atoms with Gasteiger partial charge in [0.05, 0.1) is 19.1 Å². The second kappa shape index (κ2) is 12.0. The molecule has 1 aromatic carbocycles. The first-order valence-electron chi connectivity index (χ1n) is 12.7. The Bertz CT molecular complexity index is 1380. The molecule has 0 atom stereocenters. The fourth-order valence-corrected chi connectivity index (χ4v) is 6.27. The third-order valence-corrected chi connectivity index (χ3v) is 8.47. The molecule has 4 rings (SSSR count). The zero-order valence-corrected chi connectivity index (χ0v) is 23.8. The number of nitriles is 1. The summed E-state index contributed by atoms with van der Waals surface area (Å²) < 4.78 is 12.7. The maximum atomic E-state index is 13.5. The zero-order chi connectivity index (χ0) is 27.4. The van der Waals surface area contributed by atoms with Crippen molar-refractivity contribution in [2.75, 3.05) is 38.8 Å². The van der Waals surface area contributed by atoms with Crippen LogP contribution in [0.5, 0.6) is 11.5 Å². The SMILES string of the molecule is COc1ccc(CCN2C(=O)C(=Cc3c(C)c(C#N)c(=O)n(C)c3N3CCCCCC3)SC2=S)cc1OC. The summed E-state index contributed by atoms with van der Waals surface area (Å²) in [5.41, 5.74) is 2.10. The van der Waals surface area contributed by atoms with Crippen LogP contribution in [0.4, 0.5) is 5.82 Å². The van der Waals surface area contributed by atoms with Gasteiger partial charge in [-0.3, -0.25) is 19.1 Å². The summed E-state index contributed by atoms with van der Waals surface area (Å²) in [5, 5.41) is 9.72. The Balaban J connectivity index is 1.66. The molecule has 0 aliphatic carbocycles. The molecule has 0 saturated carbocycles. The van der Waals surface area contributed by atoms with E-state index in [1.165, 1.54) is 11.8 Å². The van der Waals surface area contributed by atoms with Gasteiger partial charge in [0.25, 0.3) is 11.5 Å². The van der Waals surface area contributed by atoms with Crippen molar-refractivity contribution in [3.63, 3.8) is 0 Å². The summed E-state index contributed by atoms with van der Waals surface area (Å²) in [5.74, 6) is 1.86. The third kappa shape index (κ3) is 5.45. The lowest BCUT2D eigenvalue weighted by Gasteiger charge is -2.28. The number of hydrogen-bond donors (Lipinski definition) is 0. The van der Waals surface area contributed by atoms with Gasteiger partial charge in [-0.2, -0.15) is 5.26 Å². The minimum atomic E-state index is -0.316. The summed E-state index contributed by atoms with van der Waals surface area (Å²) in [6, 6.07) is 7.76. The van der Waals surface area contributed by atoms with Crippen LogP contribution in [0, 0.1) is 18.3 Å². The Morgan fingerprint density at radius 3 is 2.42 bits per heavy atom. The van der Waals surface area contributed by atoms with E-state index in [2.05, 4.69) is 11.0 Å². The van der Waals surface area contributed by atoms with Crippen molar-refractivity contribution in [3.8, 4) is 17.6 Å². The van der Waals surface area contributed by atoms with Gasteiger partial charge in [-0.1, -0.05) is 42.9 Å². The van der Waals surface area contributed by atoms with Crippen LogP contribution in [0.1, 0.15) is 47.9 Å². The number of rotatable bonds is 7. The van der Waals surface area contributed by atoms with Gasteiger partial charge in [-0.25, -0.2) is 0 Å². The number of anilines is 1. The molecule has 200 valence electrons. The highest BCUT2D eigenvalue weighted by Gasteiger charge is 2.33. The fraction of sp³-hybridized carbons (Fsp3) is 0.429. The van der Waals surface area contributed by atoms with E-state index in [-0.39, 0.29) is 17.0 Å². The monoisotopic (exact) mass is 552 g/mol. The number of amides is 1. The third-order valence-electron chi connectivity index (χ3n) is 7.09. The highest BCUT2D eigenvalue weighted by Crippen LogP contribution is 2.36. The Morgan fingerprint density at radius 1 is 1.11 bits per heavy atom. The number of carbonyl (C=O) groups excluding carboxylic acids is 1. The highest BCUT2D eigenvalue weighted by atomic mass is 32.2. The molecule has 0 spiro atoms. The first-order valence-corrected chi connectivity index (χ1v) is 13.9. The summed E-state index contributed by atoms with van der Waals surface area (Å²) in [6.45, 7) is 3.86. The van der Waals surface area contributed by atoms with E-state index in [1.807, 2.05) is 24.3 Å². The molecule has 0 radical (unpaired) electrons. The number of hydrogen-bond acceptors (Lipinski definition) is 8. The predicted molar refractivity (Wildman–Crippen MR) is 155 cm³/mol. The van der Waals surface area contributed by atoms with Crippen LogP contribution in [0.3, 0.4) is 0 Å². The first-order chi connectivity index (χ1) is 18.3. The van der Waals surface area contributed by atoms with Crippen LogP contribution in [-0.4, -0.2) is 53.5 Å². The molecule has 0 unspecified atom stereocenters. The molecule has 2 aromatic rings. The van der Waals surface area contributed by atoms with E-state index in [9.17, 15) is 14.9 Å². The molecular formula is C28H32N4O4S2. The van der Waals surface area contributed by atoms with E-state index in [1.54, 1.807) is 37.7 Å². The van der Waals surface area contributed by atoms with Gasteiger partial charge < -0.3 is 14.4 Å². The van der Waals surface area contributed by atoms with Gasteiger partial charge in [-0.05, 0) is 55.5 Å². The van der Waals surface area contributed by atoms with Crippen LogP contribution >= 0.6 is 24.0 Å². The van der Waals surface area contributed by atoms with Crippen LogP contribution < -0.4 is 19.9 Å². The first kappa shape index (κ1) is 27.7. The molecular weight excluding hydrogens is 520 g/mol. The van der Waals surface area contributed by atoms with Crippen LogP contribution in [0.2, 0.25) is 0 Å². The Hall–Kier alpha value is -3.29. The van der Waals surface area contributed by atoms with Gasteiger partial charge in [0, 0.05) is 32.2 Å². The normalized spacial score (nSPS) is 17.1. The maximum Gasteiger partial charge on any atom is 0.270 e. The fourth-order valence-electron chi connectivity index (χ4n) is 4.98. The zero-order valence-electron chi connectivity index (χ0n) is 22.2. The smallest absolute Gasteiger partial charge is 0.270 e. The predicted octanol–water partition coefficient (Wildman–Crippen LogP) is 4.41. The van der Waals surface area contributed by atoms with E-state index in [0.29, 0.717) is 39.3 Å². The number of thioether (sulfide) groups is 1. The van der Waals surface area contributed by atoms with E-state index < -0.39 is 0 Å². The Morgan fingerprint density at radius 2 is 1.79 bits per heavy atom. The van der Waals surface area contributed by atoms with Crippen molar-refractivity contribution in [1.29, 1.82) is 5.26 Å². The number of ether oxygens (including phenoxy) is 2. The van der Waals surface area contributed by atoms with Crippen molar-refractivity contribution < 1.29 is 14.3 Å². The van der Waals surface area contributed by atoms with Crippen molar-refractivity contribution in [3.05, 3.63) is 55.7 Å². The molecule has 2 saturated heterocycles. The van der Waals surface area contributed by atoms with Gasteiger partial charge in [0.1, 0.15) is 21.8 Å². The lowest BCUT2D eigenvalue weighted by atomic mass is 10.0. The van der Waals surface area contributed by atoms with Crippen molar-refractivity contribution in [2.45, 2.75) is 39.0 Å². The minimum Gasteiger partial charge on any atom is -0.493 e. The topological polar surface area (TPSA) is 87.8 Å². The summed E-state index contributed by atoms with van der Waals surface area (Å²) in [4.78, 5) is 30.8. The molecule has 0 N–H and O–H groups in total. The van der Waals surface area contributed by atoms with E-state index in [4.69, 9.17) is 21.7 Å². The lowest BCUT2D eigenvalue weighted by molar-refractivity contribution is -0.122. The van der Waals surface area contributed by atoms with E-state index in [0.717, 1.165) is 55.7 Å². The summed E-state index contributed by atoms with van der Waals surface area (Å²) in [6.07, 6.45) is 6.76. The molecule has 2 aliphatic heterocycles. The molecule has 0 bridgehead atoms. The number of benzene rings is 1. The minimum absolute atomic E-state index is 0.0984. The lowest BCUT2D eigenvalue weighted by Crippen LogP contribution is -2.34. The van der Waals surface area contributed by atoms with Crippen molar-refractivity contribution in [1.82, 2.24) is 9.47 Å². The molecule has 3 heterocycles. The standard InChI is InChI=1S/C28H32N4O4S2/c1-18-20(25(30(2)26(33)21(18)17-29)31-12-7-5-6-8-13-31)16-24-27(34)32(28(37)38-24)14-11-19-9-10-22(35-3)23(15-19)36-4/h9-10,15-16H,5-8,11-14H2,1-4H3. The van der Waals surface area contributed by atoms with Crippen LogP contribution in [0.25, 0.3) is 6.08 Å². The molecule has 10 heteroatoms. The highest BCUT2D eigenvalue weighted by molar-refractivity contribution is 8.26. The number of nitrogens with zero attached hydrogens (tertiary/aromatic N) is 4. The molecule has 38 heavy (non-hydrogen) atoms. The summed E-state index contributed by atoms with van der Waals surface area (Å²) >= 11 is 6.84. The Kier molecular flexibility index (Phi) is 8.80. The number of carbonyl (C=O) groups is 1. The summed E-state index contributed by atoms with van der Waals surface area (Å²) in [7, 11) is 4.88. The molecule has 8 nitrogen and oxygen atoms in total. The van der Waals surface area contributed by atoms with Gasteiger partial charge in [0.2, 0.25) is 0 Å². The average Bonchev–Trinajstić information content (AvgIpc) is 3.08. The van der Waals surface area contributed by atoms with Crippen LogP contribution in [0.15, 0.2) is 27.9 Å². The number of pyridine rings is 1. The molecule has 1 aromatic heterocycles. The largest absolute Gasteiger partial charge is 0.493 e. The molecule has 1 amide bonds. The van der Waals surface area contributed by atoms with Crippen molar-refractivity contribution >= 4 is 46.1 Å². The second-order valence-electron chi connectivity index (χ2n) is 9.39. The number of methoxy groups -OCH3 is 2.